The number of nitrogens with one attached hydrogen (secondary N) is 7. The van der Waals surface area contributed by atoms with E-state index in [2.05, 4.69) is 36.9 Å². The lowest BCUT2D eigenvalue weighted by Gasteiger charge is -2.33. The van der Waals surface area contributed by atoms with E-state index in [9.17, 15) is 73.2 Å². The number of aliphatic hydroxyl groups excluding tert-OH is 4. The highest BCUT2D eigenvalue weighted by Gasteiger charge is 2.41. The third-order valence-corrected chi connectivity index (χ3v) is 14.2. The van der Waals surface area contributed by atoms with Crippen LogP contribution in [-0.2, 0) is 59.2 Å². The number of aliphatic hydroxyl groups is 4. The van der Waals surface area contributed by atoms with Crippen molar-refractivity contribution in [3.05, 3.63) is 71.8 Å². The number of ether oxygens (including phenoxy) is 2. The molecule has 0 spiro atoms. The number of ketones is 3. The van der Waals surface area contributed by atoms with Crippen molar-refractivity contribution in [3.63, 3.8) is 0 Å². The Kier molecular flexibility index (Phi) is 32.5. The first kappa shape index (κ1) is 76.0. The van der Waals surface area contributed by atoms with Gasteiger partial charge in [-0.3, -0.25) is 43.3 Å². The molecule has 7 amide bonds. The monoisotopic (exact) mass is 1240 g/mol. The summed E-state index contributed by atoms with van der Waals surface area (Å²) in [6.45, 7) is 13.0. The maximum atomic E-state index is 14.8. The van der Waals surface area contributed by atoms with Gasteiger partial charge < -0.3 is 83.7 Å². The van der Waals surface area contributed by atoms with Crippen LogP contribution in [0.4, 0.5) is 9.59 Å². The minimum atomic E-state index is -1.83. The van der Waals surface area contributed by atoms with Gasteiger partial charge in [-0.1, -0.05) is 109 Å². The molecule has 0 heterocycles. The molecule has 0 aromatic heterocycles. The summed E-state index contributed by atoms with van der Waals surface area (Å²) in [5.74, 6) is -15.1. The van der Waals surface area contributed by atoms with Crippen molar-refractivity contribution >= 4 is 71.0 Å². The number of carbonyl (C=O) groups is 11. The average molecular weight is 1240 g/mol. The number of aliphatic imine (C=N–C) groups is 1. The van der Waals surface area contributed by atoms with Gasteiger partial charge in [-0.05, 0) is 69.4 Å². The maximum Gasteiger partial charge on any atom is 0.408 e. The SMILES string of the molecule is CC[C@H](C)[C@H](NC(=O)[C@@H](CCCN=C(N)N)CC(=O)[C@@H](NC(=O)C(NC(=O)[C@@H](NC(=O)OCc1ccccc1)[C@H](NC(=O)OC(C)(C)C)c1ccccc1)[C@H](O)C(C)C)C(C)C)C(=O)C[C@H](C(=O)NCC(=O)C[C@@H](CO)C(=O)N[C@@H](CO)C(=O)O)[C@H](C)O. The molecule has 0 aliphatic carbocycles. The largest absolute Gasteiger partial charge is 0.480 e. The summed E-state index contributed by atoms with van der Waals surface area (Å²) in [6, 6.07) is 7.28. The molecule has 2 aromatic carbocycles. The molecule has 1 unspecified atom stereocenters. The van der Waals surface area contributed by atoms with E-state index in [0.29, 0.717) is 17.5 Å². The van der Waals surface area contributed by atoms with E-state index in [1.807, 2.05) is 5.32 Å². The molecule has 2 rings (SSSR count). The molecule has 0 saturated carbocycles. The minimum absolute atomic E-state index is 0.0162. The number of rotatable bonds is 38. The van der Waals surface area contributed by atoms with Crippen LogP contribution >= 0.6 is 0 Å². The van der Waals surface area contributed by atoms with Gasteiger partial charge in [0.2, 0.25) is 29.5 Å². The second-order valence-electron chi connectivity index (χ2n) is 23.3. The van der Waals surface area contributed by atoms with Gasteiger partial charge >= 0.3 is 18.2 Å². The second kappa shape index (κ2) is 37.6. The smallest absolute Gasteiger partial charge is 0.408 e. The van der Waals surface area contributed by atoms with Crippen molar-refractivity contribution in [2.24, 2.45) is 52.0 Å². The third kappa shape index (κ3) is 26.5. The lowest BCUT2D eigenvalue weighted by Crippen LogP contribution is -2.62. The highest BCUT2D eigenvalue weighted by Crippen LogP contribution is 2.24. The Balaban J connectivity index is 2.51. The molecular weight excluding hydrogens is 1150 g/mol. The third-order valence-electron chi connectivity index (χ3n) is 14.2. The summed E-state index contributed by atoms with van der Waals surface area (Å²) < 4.78 is 11.0. The summed E-state index contributed by atoms with van der Waals surface area (Å²) in [4.78, 5) is 154. The zero-order valence-corrected chi connectivity index (χ0v) is 51.8. The van der Waals surface area contributed by atoms with Gasteiger partial charge in [0.1, 0.15) is 30.3 Å². The molecule has 0 aliphatic heterocycles. The lowest BCUT2D eigenvalue weighted by atomic mass is 9.86. The maximum absolute atomic E-state index is 14.8. The summed E-state index contributed by atoms with van der Waals surface area (Å²) in [5.41, 5.74) is 11.0. The molecule has 0 aliphatic rings. The number of alkyl carbamates (subject to hydrolysis) is 2. The number of hydrogen-bond donors (Lipinski definition) is 14. The molecule has 0 fully saturated rings. The van der Waals surface area contributed by atoms with Crippen molar-refractivity contribution in [2.75, 3.05) is 26.3 Å². The number of amides is 7. The normalized spacial score (nSPS) is 15.5. The molecule has 0 saturated heterocycles. The van der Waals surface area contributed by atoms with Crippen LogP contribution in [-0.4, -0.2) is 171 Å². The number of nitrogens with two attached hydrogens (primary N) is 2. The van der Waals surface area contributed by atoms with Crippen LogP contribution in [0.15, 0.2) is 65.7 Å². The van der Waals surface area contributed by atoms with E-state index < -0.39 is 194 Å². The Labute approximate surface area is 512 Å². The van der Waals surface area contributed by atoms with Crippen LogP contribution in [0.1, 0.15) is 125 Å². The van der Waals surface area contributed by atoms with E-state index >= 15 is 0 Å². The minimum Gasteiger partial charge on any atom is -0.480 e. The fourth-order valence-corrected chi connectivity index (χ4v) is 8.94. The molecular formula is C60H92N10O18. The second-order valence-corrected chi connectivity index (χ2v) is 23.3. The van der Waals surface area contributed by atoms with E-state index in [1.54, 1.807) is 123 Å². The Morgan fingerprint density at radius 2 is 1.17 bits per heavy atom. The Hall–Kier alpha value is -8.08. The first-order valence-corrected chi connectivity index (χ1v) is 29.2. The standard InChI is InChI=1S/C60H92N10O18/c1-11-34(6)46(44(76)27-41(35(7)73)53(80)64-28-40(74)25-39(29-71)52(79)65-42(30-72)56(83)84)67-51(78)38(23-18-24-63-57(61)62)26-43(75)45(32(2)3)66-55(82)49(50(77)33(4)5)68-54(81)48(70-58(85)87-31-36-19-14-12-15-20-36)47(37-21-16-13-17-22-37)69-59(86)88-60(8,9)10/h12-17,19-22,32-35,38-39,41-42,45-50,71-73,77H,11,18,23-31H2,1-10H3,(H,64,80)(H,65,79)(H,66,82)(H,67,78)(H,68,81)(H,69,86)(H,70,85)(H,83,84)(H4,61,62,63)/t34-,35-,38-,39-,41-,42-,45-,46-,47+,48-,49?,50+/m0/s1. The van der Waals surface area contributed by atoms with Gasteiger partial charge in [0, 0.05) is 31.7 Å². The van der Waals surface area contributed by atoms with Crippen LogP contribution in [0.25, 0.3) is 0 Å². The molecule has 88 heavy (non-hydrogen) atoms. The van der Waals surface area contributed by atoms with Crippen LogP contribution < -0.4 is 48.7 Å². The van der Waals surface area contributed by atoms with Gasteiger partial charge in [-0.25, -0.2) is 14.4 Å². The van der Waals surface area contributed by atoms with E-state index in [1.165, 1.54) is 6.92 Å². The van der Waals surface area contributed by atoms with Crippen LogP contribution in [0.5, 0.6) is 0 Å². The first-order valence-electron chi connectivity index (χ1n) is 29.2. The predicted octanol–water partition coefficient (Wildman–Crippen LogP) is 0.552. The van der Waals surface area contributed by atoms with Crippen molar-refractivity contribution in [1.29, 1.82) is 0 Å². The van der Waals surface area contributed by atoms with Crippen LogP contribution in [0.2, 0.25) is 0 Å². The summed E-state index contributed by atoms with van der Waals surface area (Å²) in [6.07, 6.45) is -6.69. The van der Waals surface area contributed by atoms with Gasteiger partial charge in [0.15, 0.2) is 23.3 Å². The van der Waals surface area contributed by atoms with Crippen molar-refractivity contribution in [3.8, 4) is 0 Å². The zero-order valence-electron chi connectivity index (χ0n) is 51.8. The highest BCUT2D eigenvalue weighted by molar-refractivity contribution is 5.98. The molecule has 16 N–H and O–H groups in total. The van der Waals surface area contributed by atoms with E-state index in [4.69, 9.17) is 26.0 Å². The van der Waals surface area contributed by atoms with Gasteiger partial charge in [-0.15, -0.1) is 0 Å². The zero-order chi connectivity index (χ0) is 66.6. The lowest BCUT2D eigenvalue weighted by molar-refractivity contribution is -0.144. The van der Waals surface area contributed by atoms with Gasteiger partial charge in [0.25, 0.3) is 0 Å². The molecule has 28 nitrogen and oxygen atoms in total. The van der Waals surface area contributed by atoms with Crippen molar-refractivity contribution in [2.45, 2.75) is 168 Å². The number of guanidine groups is 1. The first-order chi connectivity index (χ1) is 41.2. The topological polar surface area (TPSA) is 456 Å². The fourth-order valence-electron chi connectivity index (χ4n) is 8.94. The predicted molar refractivity (Wildman–Crippen MR) is 321 cm³/mol. The number of carbonyl (C=O) groups excluding carboxylic acids is 10. The Morgan fingerprint density at radius 1 is 0.614 bits per heavy atom. The quantitative estimate of drug-likeness (QED) is 0.0248. The molecule has 12 atom stereocenters. The van der Waals surface area contributed by atoms with Crippen molar-refractivity contribution < 1.29 is 87.7 Å². The van der Waals surface area contributed by atoms with Crippen LogP contribution in [0, 0.1) is 35.5 Å². The number of aliphatic carboxylic acids is 1. The van der Waals surface area contributed by atoms with Gasteiger partial charge in [-0.2, -0.15) is 0 Å². The highest BCUT2D eigenvalue weighted by atomic mass is 16.6. The van der Waals surface area contributed by atoms with Crippen molar-refractivity contribution in [1.82, 2.24) is 37.2 Å². The van der Waals surface area contributed by atoms with Gasteiger partial charge in [0.05, 0.1) is 61.9 Å². The van der Waals surface area contributed by atoms with E-state index in [-0.39, 0.29) is 32.0 Å². The number of Topliss-reactive ketones (excluding diaryl/α,β-unsaturated/α-hetero) is 3. The molecule has 0 bridgehead atoms. The summed E-state index contributed by atoms with van der Waals surface area (Å²) in [5, 5.41) is 67.9. The van der Waals surface area contributed by atoms with Crippen LogP contribution in [0.3, 0.4) is 0 Å². The molecule has 490 valence electrons. The molecule has 0 radical (unpaired) electrons. The molecule has 28 heteroatoms. The molecule has 2 aromatic rings. The number of benzene rings is 2. The number of carboxylic acids is 1. The fraction of sp³-hybridized carbons (Fsp3) is 0.600. The average Bonchev–Trinajstić information content (AvgIpc) is 1.32. The number of carboxylic acid groups (broad SMARTS) is 1. The number of nitrogens with zero attached hydrogens (tertiary/aromatic N) is 1. The summed E-state index contributed by atoms with van der Waals surface area (Å²) in [7, 11) is 0. The Morgan fingerprint density at radius 3 is 1.69 bits per heavy atom. The Bertz CT molecular complexity index is 2670. The number of hydrogen-bond acceptors (Lipinski definition) is 18. The summed E-state index contributed by atoms with van der Waals surface area (Å²) >= 11 is 0. The van der Waals surface area contributed by atoms with E-state index in [0.717, 1.165) is 0 Å².